The second-order valence-electron chi connectivity index (χ2n) is 2.34. The normalized spacial score (nSPS) is 11.5. The first-order valence-corrected chi connectivity index (χ1v) is 5.69. The quantitative estimate of drug-likeness (QED) is 0.562. The van der Waals surface area contributed by atoms with Gasteiger partial charge in [0.05, 0.1) is 0 Å². The molecule has 0 radical (unpaired) electrons. The molecule has 0 saturated heterocycles. The SMILES string of the molecule is CCC(=O)[Si](C)(C)O. The molecule has 0 amide bonds. The first-order chi connectivity index (χ1) is 3.48. The summed E-state index contributed by atoms with van der Waals surface area (Å²) in [5.41, 5.74) is 0. The van der Waals surface area contributed by atoms with Crippen molar-refractivity contribution in [2.75, 3.05) is 0 Å². The van der Waals surface area contributed by atoms with E-state index in [9.17, 15) is 4.79 Å². The summed E-state index contributed by atoms with van der Waals surface area (Å²) in [6, 6.07) is 0. The van der Waals surface area contributed by atoms with Gasteiger partial charge < -0.3 is 9.59 Å². The highest BCUT2D eigenvalue weighted by molar-refractivity contribution is 6.98. The lowest BCUT2D eigenvalue weighted by Gasteiger charge is -2.08. The molecule has 0 spiro atoms. The van der Waals surface area contributed by atoms with Crippen LogP contribution in [-0.4, -0.2) is 18.5 Å². The Hall–Kier alpha value is -0.153. The zero-order valence-corrected chi connectivity index (χ0v) is 6.56. The van der Waals surface area contributed by atoms with Crippen molar-refractivity contribution >= 4 is 13.7 Å². The van der Waals surface area contributed by atoms with Crippen LogP contribution in [0.25, 0.3) is 0 Å². The Bertz CT molecular complexity index is 93.1. The van der Waals surface area contributed by atoms with Crippen LogP contribution in [0.2, 0.25) is 13.1 Å². The molecule has 0 aliphatic rings. The Morgan fingerprint density at radius 1 is 1.62 bits per heavy atom. The fourth-order valence-electron chi connectivity index (χ4n) is 0.433. The molecule has 8 heavy (non-hydrogen) atoms. The van der Waals surface area contributed by atoms with Gasteiger partial charge in [0.2, 0.25) is 0 Å². The topological polar surface area (TPSA) is 37.3 Å². The fraction of sp³-hybridized carbons (Fsp3) is 0.800. The molecule has 0 aliphatic carbocycles. The summed E-state index contributed by atoms with van der Waals surface area (Å²) in [7, 11) is -2.40. The van der Waals surface area contributed by atoms with Crippen LogP contribution in [0.1, 0.15) is 13.3 Å². The summed E-state index contributed by atoms with van der Waals surface area (Å²) in [5.74, 6) is 0. The van der Waals surface area contributed by atoms with Crippen molar-refractivity contribution < 1.29 is 9.59 Å². The first kappa shape index (κ1) is 7.85. The molecule has 0 rings (SSSR count). The average molecular weight is 132 g/mol. The number of hydrogen-bond donors (Lipinski definition) is 1. The van der Waals surface area contributed by atoms with Crippen LogP contribution in [0.15, 0.2) is 0 Å². The van der Waals surface area contributed by atoms with Crippen LogP contribution >= 0.6 is 0 Å². The maximum absolute atomic E-state index is 10.6. The molecule has 0 aromatic carbocycles. The van der Waals surface area contributed by atoms with E-state index in [0.717, 1.165) is 0 Å². The summed E-state index contributed by atoms with van der Waals surface area (Å²) in [4.78, 5) is 19.7. The van der Waals surface area contributed by atoms with Gasteiger partial charge in [-0.05, 0) is 13.1 Å². The Kier molecular flexibility index (Phi) is 2.37. The summed E-state index contributed by atoms with van der Waals surface area (Å²) in [6.07, 6.45) is 0.468. The van der Waals surface area contributed by atoms with Crippen molar-refractivity contribution in [1.29, 1.82) is 0 Å². The van der Waals surface area contributed by atoms with Gasteiger partial charge in [0.15, 0.2) is 0 Å². The minimum Gasteiger partial charge on any atom is -0.425 e. The molecule has 0 aliphatic heterocycles. The molecule has 0 aromatic rings. The molecular weight excluding hydrogens is 120 g/mol. The molecule has 0 heterocycles. The highest BCUT2D eigenvalue weighted by atomic mass is 28.4. The highest BCUT2D eigenvalue weighted by Gasteiger charge is 2.25. The Morgan fingerprint density at radius 3 is 2.00 bits per heavy atom. The van der Waals surface area contributed by atoms with E-state index >= 15 is 0 Å². The third kappa shape index (κ3) is 2.23. The molecule has 0 aromatic heterocycles. The van der Waals surface area contributed by atoms with E-state index < -0.39 is 8.32 Å². The molecule has 2 nitrogen and oxygen atoms in total. The van der Waals surface area contributed by atoms with Crippen LogP contribution < -0.4 is 0 Å². The van der Waals surface area contributed by atoms with Gasteiger partial charge >= 0.3 is 0 Å². The fourth-order valence-corrected chi connectivity index (χ4v) is 1.30. The Labute approximate surface area is 50.7 Å². The van der Waals surface area contributed by atoms with Crippen LogP contribution in [0.3, 0.4) is 0 Å². The van der Waals surface area contributed by atoms with E-state index in [0.29, 0.717) is 6.42 Å². The van der Waals surface area contributed by atoms with Gasteiger partial charge in [-0.15, -0.1) is 0 Å². The largest absolute Gasteiger partial charge is 0.425 e. The van der Waals surface area contributed by atoms with Gasteiger partial charge in [-0.1, -0.05) is 6.92 Å². The molecule has 0 bridgehead atoms. The van der Waals surface area contributed by atoms with Gasteiger partial charge in [-0.3, -0.25) is 0 Å². The third-order valence-electron chi connectivity index (χ3n) is 1.00. The number of hydrogen-bond acceptors (Lipinski definition) is 2. The molecule has 1 N–H and O–H groups in total. The lowest BCUT2D eigenvalue weighted by molar-refractivity contribution is -0.113. The Balaban J connectivity index is 3.82. The average Bonchev–Trinajstić information content (AvgIpc) is 1.62. The van der Waals surface area contributed by atoms with Crippen LogP contribution in [0, 0.1) is 0 Å². The van der Waals surface area contributed by atoms with Crippen molar-refractivity contribution in [1.82, 2.24) is 0 Å². The third-order valence-corrected chi connectivity index (χ3v) is 2.72. The van der Waals surface area contributed by atoms with E-state index in [1.807, 2.05) is 0 Å². The predicted molar refractivity (Wildman–Crippen MR) is 35.0 cm³/mol. The summed E-state index contributed by atoms with van der Waals surface area (Å²) in [5, 5.41) is 0.0255. The second kappa shape index (κ2) is 2.41. The van der Waals surface area contributed by atoms with Crippen LogP contribution in [-0.2, 0) is 4.79 Å². The zero-order valence-electron chi connectivity index (χ0n) is 5.56. The molecule has 0 fully saturated rings. The van der Waals surface area contributed by atoms with Gasteiger partial charge in [-0.25, -0.2) is 0 Å². The Morgan fingerprint density at radius 2 is 2.00 bits per heavy atom. The van der Waals surface area contributed by atoms with Crippen molar-refractivity contribution in [3.8, 4) is 0 Å². The van der Waals surface area contributed by atoms with Crippen molar-refractivity contribution in [2.45, 2.75) is 26.4 Å². The highest BCUT2D eigenvalue weighted by Crippen LogP contribution is 1.99. The summed E-state index contributed by atoms with van der Waals surface area (Å²) in [6.45, 7) is 5.05. The van der Waals surface area contributed by atoms with E-state index in [-0.39, 0.29) is 5.41 Å². The lowest BCUT2D eigenvalue weighted by Crippen LogP contribution is -2.36. The molecular formula is C5H12O2Si. The van der Waals surface area contributed by atoms with Crippen LogP contribution in [0.5, 0.6) is 0 Å². The summed E-state index contributed by atoms with van der Waals surface area (Å²) < 4.78 is 0. The maximum Gasteiger partial charge on any atom is 0.255 e. The number of rotatable bonds is 2. The van der Waals surface area contributed by atoms with E-state index in [4.69, 9.17) is 4.80 Å². The predicted octanol–water partition coefficient (Wildman–Crippen LogP) is 0.702. The van der Waals surface area contributed by atoms with E-state index in [2.05, 4.69) is 0 Å². The van der Waals surface area contributed by atoms with Crippen LogP contribution in [0.4, 0.5) is 0 Å². The number of carbonyl (C=O) groups excluding carboxylic acids is 1. The van der Waals surface area contributed by atoms with Crippen molar-refractivity contribution in [2.24, 2.45) is 0 Å². The van der Waals surface area contributed by atoms with Gasteiger partial charge in [0.25, 0.3) is 8.32 Å². The molecule has 0 unspecified atom stereocenters. The minimum absolute atomic E-state index is 0.0255. The molecule has 3 heteroatoms. The van der Waals surface area contributed by atoms with Gasteiger partial charge in [0.1, 0.15) is 5.41 Å². The smallest absolute Gasteiger partial charge is 0.255 e. The van der Waals surface area contributed by atoms with Gasteiger partial charge in [-0.2, -0.15) is 0 Å². The molecule has 0 atom stereocenters. The minimum atomic E-state index is -2.40. The monoisotopic (exact) mass is 132 g/mol. The van der Waals surface area contributed by atoms with Crippen molar-refractivity contribution in [3.63, 3.8) is 0 Å². The second-order valence-corrected chi connectivity index (χ2v) is 6.01. The molecule has 0 saturated carbocycles. The van der Waals surface area contributed by atoms with E-state index in [1.54, 1.807) is 20.0 Å². The standard InChI is InChI=1S/C5H12O2Si/c1-4-5(6)8(2,3)7/h7H,4H2,1-3H3. The van der Waals surface area contributed by atoms with Gasteiger partial charge in [0, 0.05) is 6.42 Å². The maximum atomic E-state index is 10.6. The van der Waals surface area contributed by atoms with Crippen molar-refractivity contribution in [3.05, 3.63) is 0 Å². The number of carbonyl (C=O) groups is 1. The first-order valence-electron chi connectivity index (χ1n) is 2.74. The summed E-state index contributed by atoms with van der Waals surface area (Å²) >= 11 is 0. The molecule has 48 valence electrons. The lowest BCUT2D eigenvalue weighted by atomic mass is 10.6. The zero-order chi connectivity index (χ0) is 6.78. The van der Waals surface area contributed by atoms with E-state index in [1.165, 1.54) is 0 Å².